The third kappa shape index (κ3) is 2.89. The maximum atomic E-state index is 2.17. The van der Waals surface area contributed by atoms with Crippen LogP contribution in [-0.2, 0) is 0 Å². The van der Waals surface area contributed by atoms with E-state index in [4.69, 9.17) is 0 Å². The Morgan fingerprint density at radius 2 is 1.44 bits per heavy atom. The second-order valence-corrected chi connectivity index (χ2v) is 2.16. The van der Waals surface area contributed by atoms with Crippen LogP contribution in [0.3, 0.4) is 0 Å². The van der Waals surface area contributed by atoms with Crippen LogP contribution in [-0.4, -0.2) is 23.9 Å². The van der Waals surface area contributed by atoms with Crippen LogP contribution < -0.4 is 0 Å². The molecular formula is C8H14Sn. The molecule has 0 aromatic heterocycles. The second-order valence-electron chi connectivity index (χ2n) is 2.16. The molecule has 9 heavy (non-hydrogen) atoms. The Kier molecular flexibility index (Phi) is 3.94. The number of rotatable bonds is 0. The van der Waals surface area contributed by atoms with Gasteiger partial charge in [-0.05, 0) is 13.8 Å². The van der Waals surface area contributed by atoms with E-state index in [0.717, 1.165) is 0 Å². The van der Waals surface area contributed by atoms with Gasteiger partial charge >= 0.3 is 23.9 Å². The summed E-state index contributed by atoms with van der Waals surface area (Å²) < 4.78 is 0. The molecule has 0 fully saturated rings. The van der Waals surface area contributed by atoms with Crippen molar-refractivity contribution in [1.82, 2.24) is 0 Å². The van der Waals surface area contributed by atoms with E-state index < -0.39 is 0 Å². The molecular weight excluding hydrogens is 215 g/mol. The van der Waals surface area contributed by atoms with Gasteiger partial charge in [-0.1, -0.05) is 35.4 Å². The van der Waals surface area contributed by atoms with Gasteiger partial charge in [0.05, 0.1) is 0 Å². The van der Waals surface area contributed by atoms with Crippen LogP contribution in [0.2, 0.25) is 0 Å². The molecule has 0 saturated heterocycles. The van der Waals surface area contributed by atoms with Crippen LogP contribution >= 0.6 is 0 Å². The first-order valence-electron chi connectivity index (χ1n) is 2.82. The van der Waals surface area contributed by atoms with E-state index in [-0.39, 0.29) is 23.9 Å². The molecule has 0 unspecified atom stereocenters. The summed E-state index contributed by atoms with van der Waals surface area (Å²) >= 11 is 0. The van der Waals surface area contributed by atoms with Gasteiger partial charge in [0.25, 0.3) is 0 Å². The van der Waals surface area contributed by atoms with Gasteiger partial charge in [0.1, 0.15) is 0 Å². The molecule has 1 rings (SSSR count). The van der Waals surface area contributed by atoms with E-state index in [0.29, 0.717) is 0 Å². The van der Waals surface area contributed by atoms with Crippen molar-refractivity contribution in [2.24, 2.45) is 0 Å². The molecule has 0 aliphatic rings. The van der Waals surface area contributed by atoms with Gasteiger partial charge in [-0.2, -0.15) is 0 Å². The summed E-state index contributed by atoms with van der Waals surface area (Å²) in [4.78, 5) is 0. The summed E-state index contributed by atoms with van der Waals surface area (Å²) in [6, 6.07) is 8.45. The Morgan fingerprint density at radius 3 is 1.67 bits per heavy atom. The fourth-order valence-electron chi connectivity index (χ4n) is 0.807. The Labute approximate surface area is 73.2 Å². The molecule has 0 bridgehead atoms. The Hall–Kier alpha value is 0.0187. The predicted molar refractivity (Wildman–Crippen MR) is 47.3 cm³/mol. The molecule has 0 spiro atoms. The van der Waals surface area contributed by atoms with Crippen LogP contribution in [0, 0.1) is 13.8 Å². The van der Waals surface area contributed by atoms with Crippen LogP contribution in [0.5, 0.6) is 0 Å². The summed E-state index contributed by atoms with van der Waals surface area (Å²) in [6.07, 6.45) is 0. The summed E-state index contributed by atoms with van der Waals surface area (Å²) in [5, 5.41) is 0. The van der Waals surface area contributed by atoms with Gasteiger partial charge in [0.2, 0.25) is 0 Å². The van der Waals surface area contributed by atoms with E-state index in [1.807, 2.05) is 0 Å². The molecule has 0 atom stereocenters. The fourth-order valence-corrected chi connectivity index (χ4v) is 0.807. The molecule has 0 saturated carbocycles. The molecule has 1 aromatic rings. The fraction of sp³-hybridized carbons (Fsp3) is 0.250. The quantitative estimate of drug-likeness (QED) is 0.578. The molecule has 0 nitrogen and oxygen atoms in total. The molecule has 50 valence electrons. The normalized spacial score (nSPS) is 8.22. The summed E-state index contributed by atoms with van der Waals surface area (Å²) in [7, 11) is 0. The van der Waals surface area contributed by atoms with Crippen molar-refractivity contribution in [1.29, 1.82) is 0 Å². The van der Waals surface area contributed by atoms with Gasteiger partial charge in [0, 0.05) is 0 Å². The van der Waals surface area contributed by atoms with E-state index in [2.05, 4.69) is 38.1 Å². The summed E-state index contributed by atoms with van der Waals surface area (Å²) in [5.41, 5.74) is 2.68. The number of benzene rings is 1. The predicted octanol–water partition coefficient (Wildman–Crippen LogP) is 0.852. The zero-order valence-corrected chi connectivity index (χ0v) is 5.31. The van der Waals surface area contributed by atoms with Crippen molar-refractivity contribution in [3.8, 4) is 0 Å². The first-order valence-corrected chi connectivity index (χ1v) is 2.82. The topological polar surface area (TPSA) is 0 Å². The van der Waals surface area contributed by atoms with Crippen molar-refractivity contribution < 1.29 is 0 Å². The first-order chi connectivity index (χ1) is 3.79. The Balaban J connectivity index is 0.000000640. The van der Waals surface area contributed by atoms with E-state index >= 15 is 0 Å². The van der Waals surface area contributed by atoms with Crippen molar-refractivity contribution in [3.05, 3.63) is 35.4 Å². The summed E-state index contributed by atoms with van der Waals surface area (Å²) in [6.45, 7) is 4.21. The molecule has 0 heterocycles. The molecule has 1 heteroatoms. The van der Waals surface area contributed by atoms with Crippen LogP contribution in [0.4, 0.5) is 0 Å². The number of aryl methyl sites for hydroxylation is 2. The second kappa shape index (κ2) is 3.94. The molecule has 0 aliphatic heterocycles. The summed E-state index contributed by atoms with van der Waals surface area (Å²) in [5.74, 6) is 0. The minimum absolute atomic E-state index is 0. The SMILES string of the molecule is Cc1cccc(C)c1.[SnH4]. The number of hydrogen-bond donors (Lipinski definition) is 0. The molecule has 0 N–H and O–H groups in total. The first kappa shape index (κ1) is 9.02. The molecule has 0 amide bonds. The van der Waals surface area contributed by atoms with Crippen LogP contribution in [0.15, 0.2) is 24.3 Å². The van der Waals surface area contributed by atoms with Crippen molar-refractivity contribution in [3.63, 3.8) is 0 Å². The van der Waals surface area contributed by atoms with Gasteiger partial charge in [0.15, 0.2) is 0 Å². The third-order valence-electron chi connectivity index (χ3n) is 1.17. The average Bonchev–Trinajstić information content (AvgIpc) is 1.64. The average molecular weight is 229 g/mol. The standard InChI is InChI=1S/C8H10.Sn.4H/c1-7-4-3-5-8(2)6-7;;;;;/h3-6H,1-2H3;;;;;. The molecule has 1 aromatic carbocycles. The van der Waals surface area contributed by atoms with E-state index in [9.17, 15) is 0 Å². The van der Waals surface area contributed by atoms with Crippen molar-refractivity contribution in [2.75, 3.05) is 0 Å². The minimum atomic E-state index is 0. The van der Waals surface area contributed by atoms with Crippen molar-refractivity contribution in [2.45, 2.75) is 13.8 Å². The van der Waals surface area contributed by atoms with E-state index in [1.165, 1.54) is 11.1 Å². The third-order valence-corrected chi connectivity index (χ3v) is 1.17. The maximum absolute atomic E-state index is 2.17. The van der Waals surface area contributed by atoms with Crippen molar-refractivity contribution >= 4 is 23.9 Å². The van der Waals surface area contributed by atoms with Gasteiger partial charge < -0.3 is 0 Å². The zero-order chi connectivity index (χ0) is 5.98. The van der Waals surface area contributed by atoms with Crippen LogP contribution in [0.25, 0.3) is 0 Å². The van der Waals surface area contributed by atoms with Gasteiger partial charge in [-0.15, -0.1) is 0 Å². The van der Waals surface area contributed by atoms with Gasteiger partial charge in [-0.3, -0.25) is 0 Å². The Bertz CT molecular complexity index is 164. The monoisotopic (exact) mass is 230 g/mol. The van der Waals surface area contributed by atoms with Gasteiger partial charge in [-0.25, -0.2) is 0 Å². The number of hydrogen-bond acceptors (Lipinski definition) is 0. The van der Waals surface area contributed by atoms with Crippen LogP contribution in [0.1, 0.15) is 11.1 Å². The van der Waals surface area contributed by atoms with E-state index in [1.54, 1.807) is 0 Å². The Morgan fingerprint density at radius 1 is 1.00 bits per heavy atom. The molecule has 0 aliphatic carbocycles. The molecule has 0 radical (unpaired) electrons. The zero-order valence-electron chi connectivity index (χ0n) is 5.31.